The second-order valence-corrected chi connectivity index (χ2v) is 5.66. The van der Waals surface area contributed by atoms with E-state index in [0.717, 1.165) is 38.2 Å². The third-order valence-electron chi connectivity index (χ3n) is 3.82. The largest absolute Gasteiger partial charge is 0.493 e. The standard InChI is InChI=1S/C14H18ClNO/c15-11-7-12(8-11)16-9-10-5-6-17-14-4-2-1-3-13(10)14/h1-4,10-12,16H,5-9H2. The highest BCUT2D eigenvalue weighted by molar-refractivity contribution is 6.21. The summed E-state index contributed by atoms with van der Waals surface area (Å²) in [5.74, 6) is 1.66. The van der Waals surface area contributed by atoms with Crippen molar-refractivity contribution < 1.29 is 4.74 Å². The third kappa shape index (κ3) is 2.43. The van der Waals surface area contributed by atoms with E-state index < -0.39 is 0 Å². The topological polar surface area (TPSA) is 21.3 Å². The van der Waals surface area contributed by atoms with Crippen LogP contribution in [0.2, 0.25) is 0 Å². The maximum atomic E-state index is 5.99. The summed E-state index contributed by atoms with van der Waals surface area (Å²) in [5.41, 5.74) is 1.35. The Morgan fingerprint density at radius 2 is 2.12 bits per heavy atom. The van der Waals surface area contributed by atoms with E-state index in [1.165, 1.54) is 5.56 Å². The zero-order chi connectivity index (χ0) is 11.7. The van der Waals surface area contributed by atoms with Gasteiger partial charge in [0.25, 0.3) is 0 Å². The van der Waals surface area contributed by atoms with E-state index in [2.05, 4.69) is 23.5 Å². The van der Waals surface area contributed by atoms with Crippen LogP contribution in [0.1, 0.15) is 30.7 Å². The molecule has 3 heteroatoms. The van der Waals surface area contributed by atoms with Crippen molar-refractivity contribution in [3.63, 3.8) is 0 Å². The van der Waals surface area contributed by atoms with E-state index in [-0.39, 0.29) is 0 Å². The van der Waals surface area contributed by atoms with Crippen molar-refractivity contribution in [2.75, 3.05) is 13.2 Å². The summed E-state index contributed by atoms with van der Waals surface area (Å²) in [4.78, 5) is 0. The minimum Gasteiger partial charge on any atom is -0.493 e. The first-order valence-corrected chi connectivity index (χ1v) is 6.86. The van der Waals surface area contributed by atoms with Crippen molar-refractivity contribution in [1.82, 2.24) is 5.32 Å². The minimum atomic E-state index is 0.398. The molecule has 1 aromatic carbocycles. The van der Waals surface area contributed by atoms with Crippen molar-refractivity contribution >= 4 is 11.6 Å². The van der Waals surface area contributed by atoms with Gasteiger partial charge >= 0.3 is 0 Å². The summed E-state index contributed by atoms with van der Waals surface area (Å²) in [6.07, 6.45) is 3.35. The number of nitrogens with one attached hydrogen (secondary N) is 1. The molecule has 1 heterocycles. The number of para-hydroxylation sites is 1. The van der Waals surface area contributed by atoms with Crippen LogP contribution in [0, 0.1) is 0 Å². The van der Waals surface area contributed by atoms with E-state index >= 15 is 0 Å². The lowest BCUT2D eigenvalue weighted by molar-refractivity contribution is 0.254. The quantitative estimate of drug-likeness (QED) is 0.834. The van der Waals surface area contributed by atoms with Crippen LogP contribution in [0.3, 0.4) is 0 Å². The van der Waals surface area contributed by atoms with E-state index in [1.54, 1.807) is 0 Å². The first-order valence-electron chi connectivity index (χ1n) is 6.42. The smallest absolute Gasteiger partial charge is 0.122 e. The van der Waals surface area contributed by atoms with Crippen LogP contribution in [-0.2, 0) is 0 Å². The monoisotopic (exact) mass is 251 g/mol. The van der Waals surface area contributed by atoms with Crippen LogP contribution < -0.4 is 10.1 Å². The molecule has 3 rings (SSSR count). The van der Waals surface area contributed by atoms with Crippen molar-refractivity contribution in [3.8, 4) is 5.75 Å². The Bertz CT molecular complexity index is 390. The summed E-state index contributed by atoms with van der Waals surface area (Å²) in [6, 6.07) is 9.02. The molecular weight excluding hydrogens is 234 g/mol. The summed E-state index contributed by atoms with van der Waals surface area (Å²) in [7, 11) is 0. The van der Waals surface area contributed by atoms with Crippen LogP contribution in [-0.4, -0.2) is 24.6 Å². The summed E-state index contributed by atoms with van der Waals surface area (Å²) < 4.78 is 5.67. The molecule has 2 aliphatic rings. The third-order valence-corrected chi connectivity index (χ3v) is 4.17. The number of rotatable bonds is 3. The van der Waals surface area contributed by atoms with Gasteiger partial charge in [0, 0.05) is 23.9 Å². The first kappa shape index (κ1) is 11.4. The molecule has 0 bridgehead atoms. The van der Waals surface area contributed by atoms with Crippen LogP contribution >= 0.6 is 11.6 Å². The lowest BCUT2D eigenvalue weighted by atomic mass is 9.89. The second-order valence-electron chi connectivity index (χ2n) is 5.05. The average Bonchev–Trinajstić information content (AvgIpc) is 2.33. The highest BCUT2D eigenvalue weighted by atomic mass is 35.5. The molecule has 1 aliphatic carbocycles. The zero-order valence-electron chi connectivity index (χ0n) is 9.86. The van der Waals surface area contributed by atoms with E-state index in [4.69, 9.17) is 16.3 Å². The molecule has 1 unspecified atom stereocenters. The van der Waals surface area contributed by atoms with Crippen LogP contribution in [0.4, 0.5) is 0 Å². The summed E-state index contributed by atoms with van der Waals surface area (Å²) in [5, 5.41) is 4.02. The van der Waals surface area contributed by atoms with Crippen LogP contribution in [0.5, 0.6) is 5.75 Å². The Morgan fingerprint density at radius 1 is 1.29 bits per heavy atom. The fourth-order valence-electron chi connectivity index (χ4n) is 2.65. The zero-order valence-corrected chi connectivity index (χ0v) is 10.6. The van der Waals surface area contributed by atoms with Crippen molar-refractivity contribution in [2.24, 2.45) is 0 Å². The predicted octanol–water partition coefficient (Wildman–Crippen LogP) is 2.91. The molecule has 0 spiro atoms. The molecule has 1 aliphatic heterocycles. The van der Waals surface area contributed by atoms with E-state index in [9.17, 15) is 0 Å². The number of halogens is 1. The number of ether oxygens (including phenoxy) is 1. The van der Waals surface area contributed by atoms with Gasteiger partial charge in [-0.2, -0.15) is 0 Å². The molecule has 0 radical (unpaired) electrons. The molecule has 1 N–H and O–H groups in total. The fraction of sp³-hybridized carbons (Fsp3) is 0.571. The Labute approximate surface area is 107 Å². The van der Waals surface area contributed by atoms with Crippen LogP contribution in [0.25, 0.3) is 0 Å². The Hall–Kier alpha value is -0.730. The first-order chi connectivity index (χ1) is 8.33. The Kier molecular flexibility index (Phi) is 3.26. The van der Waals surface area contributed by atoms with Crippen molar-refractivity contribution in [1.29, 1.82) is 0 Å². The highest BCUT2D eigenvalue weighted by Gasteiger charge is 2.28. The molecular formula is C14H18ClNO. The van der Waals surface area contributed by atoms with Gasteiger partial charge in [-0.15, -0.1) is 11.6 Å². The van der Waals surface area contributed by atoms with E-state index in [1.807, 2.05) is 6.07 Å². The lowest BCUT2D eigenvalue weighted by Gasteiger charge is -2.34. The number of fused-ring (bicyclic) bond motifs is 1. The Morgan fingerprint density at radius 3 is 2.94 bits per heavy atom. The van der Waals surface area contributed by atoms with Gasteiger partial charge in [-0.25, -0.2) is 0 Å². The molecule has 1 saturated carbocycles. The maximum Gasteiger partial charge on any atom is 0.122 e. The molecule has 0 aromatic heterocycles. The van der Waals surface area contributed by atoms with Crippen molar-refractivity contribution in [2.45, 2.75) is 36.6 Å². The molecule has 0 amide bonds. The molecule has 2 nitrogen and oxygen atoms in total. The molecule has 1 fully saturated rings. The lowest BCUT2D eigenvalue weighted by Crippen LogP contribution is -2.43. The van der Waals surface area contributed by atoms with Gasteiger partial charge in [-0.1, -0.05) is 18.2 Å². The molecule has 1 aromatic rings. The average molecular weight is 252 g/mol. The van der Waals surface area contributed by atoms with Gasteiger partial charge in [0.1, 0.15) is 5.75 Å². The van der Waals surface area contributed by atoms with Crippen molar-refractivity contribution in [3.05, 3.63) is 29.8 Å². The van der Waals surface area contributed by atoms with Crippen LogP contribution in [0.15, 0.2) is 24.3 Å². The Balaban J connectivity index is 1.61. The van der Waals surface area contributed by atoms with Gasteiger partial charge < -0.3 is 10.1 Å². The molecule has 1 atom stereocenters. The number of benzene rings is 1. The van der Waals surface area contributed by atoms with Gasteiger partial charge in [0.2, 0.25) is 0 Å². The summed E-state index contributed by atoms with van der Waals surface area (Å²) >= 11 is 5.99. The SMILES string of the molecule is ClC1CC(NCC2CCOc3ccccc32)C1. The second kappa shape index (κ2) is 4.87. The fourth-order valence-corrected chi connectivity index (χ4v) is 3.08. The number of hydrogen-bond acceptors (Lipinski definition) is 2. The van der Waals surface area contributed by atoms with Gasteiger partial charge in [0.05, 0.1) is 6.61 Å². The number of alkyl halides is 1. The van der Waals surface area contributed by atoms with Gasteiger partial charge in [-0.05, 0) is 30.9 Å². The predicted molar refractivity (Wildman–Crippen MR) is 70.0 cm³/mol. The molecule has 17 heavy (non-hydrogen) atoms. The minimum absolute atomic E-state index is 0.398. The summed E-state index contributed by atoms with van der Waals surface area (Å²) in [6.45, 7) is 1.89. The molecule has 92 valence electrons. The number of hydrogen-bond donors (Lipinski definition) is 1. The normalized spacial score (nSPS) is 31.2. The highest BCUT2D eigenvalue weighted by Crippen LogP contribution is 2.33. The maximum absolute atomic E-state index is 5.99. The van der Waals surface area contributed by atoms with Gasteiger partial charge in [-0.3, -0.25) is 0 Å². The van der Waals surface area contributed by atoms with E-state index in [0.29, 0.717) is 17.3 Å². The molecule has 0 saturated heterocycles. The van der Waals surface area contributed by atoms with Gasteiger partial charge in [0.15, 0.2) is 0 Å².